The molecule has 1 aromatic carbocycles. The number of rotatable bonds is 12. The molecule has 1 aromatic rings. The third-order valence-electron chi connectivity index (χ3n) is 5.58. The van der Waals surface area contributed by atoms with Crippen molar-refractivity contribution in [2.75, 3.05) is 6.61 Å². The van der Waals surface area contributed by atoms with Crippen molar-refractivity contribution in [1.29, 1.82) is 0 Å². The predicted octanol–water partition coefficient (Wildman–Crippen LogP) is 3.72. The average Bonchev–Trinajstić information content (AvgIpc) is 2.99. The van der Waals surface area contributed by atoms with Crippen molar-refractivity contribution in [3.8, 4) is 5.75 Å². The molecule has 6 heteroatoms. The minimum atomic E-state index is -0.803. The molecule has 1 fully saturated rings. The Morgan fingerprint density at radius 2 is 2.00 bits per heavy atom. The Hall–Kier alpha value is -2.15. The number of aryl methyl sites for hydroxylation is 1. The molecule has 0 bridgehead atoms. The highest BCUT2D eigenvalue weighted by Crippen LogP contribution is 2.36. The number of esters is 1. The molecule has 5 atom stereocenters. The van der Waals surface area contributed by atoms with Crippen molar-refractivity contribution in [3.63, 3.8) is 0 Å². The third-order valence-corrected chi connectivity index (χ3v) is 5.58. The highest BCUT2D eigenvalue weighted by Gasteiger charge is 2.39. The molecule has 178 valence electrons. The summed E-state index contributed by atoms with van der Waals surface area (Å²) in [7, 11) is 0. The maximum atomic E-state index is 11.5. The first-order valence-corrected chi connectivity index (χ1v) is 11.5. The van der Waals surface area contributed by atoms with E-state index in [-0.39, 0.29) is 30.5 Å². The van der Waals surface area contributed by atoms with Crippen LogP contribution in [0, 0.1) is 18.8 Å². The normalized spacial score (nSPS) is 24.5. The van der Waals surface area contributed by atoms with Crippen LogP contribution in [0.2, 0.25) is 0 Å². The second-order valence-corrected chi connectivity index (χ2v) is 8.83. The fourth-order valence-electron chi connectivity index (χ4n) is 3.96. The van der Waals surface area contributed by atoms with E-state index in [0.29, 0.717) is 31.4 Å². The van der Waals surface area contributed by atoms with Crippen molar-refractivity contribution in [2.24, 2.45) is 11.8 Å². The molecule has 1 saturated carbocycles. The summed E-state index contributed by atoms with van der Waals surface area (Å²) in [4.78, 5) is 11.5. The minimum absolute atomic E-state index is 0.0917. The van der Waals surface area contributed by atoms with Crippen molar-refractivity contribution in [2.45, 2.75) is 77.3 Å². The molecule has 32 heavy (non-hydrogen) atoms. The highest BCUT2D eigenvalue weighted by atomic mass is 16.5. The maximum absolute atomic E-state index is 11.5. The smallest absolute Gasteiger partial charge is 0.306 e. The Morgan fingerprint density at radius 1 is 1.22 bits per heavy atom. The van der Waals surface area contributed by atoms with Crippen LogP contribution >= 0.6 is 0 Å². The lowest BCUT2D eigenvalue weighted by molar-refractivity contribution is -0.147. The third kappa shape index (κ3) is 9.15. The van der Waals surface area contributed by atoms with Crippen LogP contribution in [0.3, 0.4) is 0 Å². The second kappa shape index (κ2) is 13.4. The van der Waals surface area contributed by atoms with E-state index in [2.05, 4.69) is 0 Å². The predicted molar refractivity (Wildman–Crippen MR) is 124 cm³/mol. The van der Waals surface area contributed by atoms with Crippen LogP contribution in [0.5, 0.6) is 5.75 Å². The molecular formula is C26H38O6. The van der Waals surface area contributed by atoms with Crippen molar-refractivity contribution in [1.82, 2.24) is 0 Å². The number of unbranched alkanes of at least 4 members (excludes halogenated alkanes) is 1. The molecule has 2 rings (SSSR count). The number of benzene rings is 1. The van der Waals surface area contributed by atoms with E-state index in [1.54, 1.807) is 12.2 Å². The molecule has 0 saturated heterocycles. The molecule has 0 aliphatic heterocycles. The molecule has 3 N–H and O–H groups in total. The zero-order valence-electron chi connectivity index (χ0n) is 19.4. The molecular weight excluding hydrogens is 408 g/mol. The fraction of sp³-hybridized carbons (Fsp3) is 0.577. The van der Waals surface area contributed by atoms with Crippen LogP contribution in [-0.2, 0) is 9.53 Å². The van der Waals surface area contributed by atoms with E-state index in [1.165, 1.54) is 0 Å². The van der Waals surface area contributed by atoms with Crippen LogP contribution in [0.15, 0.2) is 48.6 Å². The second-order valence-electron chi connectivity index (χ2n) is 8.83. The van der Waals surface area contributed by atoms with Gasteiger partial charge >= 0.3 is 5.97 Å². The van der Waals surface area contributed by atoms with Gasteiger partial charge in [0.1, 0.15) is 18.5 Å². The molecule has 0 heterocycles. The Bertz CT molecular complexity index is 756. The zero-order chi connectivity index (χ0) is 23.5. The summed E-state index contributed by atoms with van der Waals surface area (Å²) >= 11 is 0. The number of carbonyl (C=O) groups excluding carboxylic acids is 1. The minimum Gasteiger partial charge on any atom is -0.491 e. The van der Waals surface area contributed by atoms with Gasteiger partial charge in [0, 0.05) is 18.8 Å². The van der Waals surface area contributed by atoms with Gasteiger partial charge in [-0.05, 0) is 63.6 Å². The lowest BCUT2D eigenvalue weighted by Crippen LogP contribution is -2.21. The number of allylic oxidation sites excluding steroid dienone is 2. The lowest BCUT2D eigenvalue weighted by atomic mass is 9.89. The van der Waals surface area contributed by atoms with Crippen molar-refractivity contribution in [3.05, 3.63) is 54.1 Å². The number of carbonyl (C=O) groups is 1. The molecule has 0 amide bonds. The SMILES string of the molecule is Cc1cccc(OC[C@H](O)/C=C/[C@@H]2[C@@H](C/C=C\CCCC(=O)OC(C)C)[C@@H](O)C[C@H]2O)c1. The quantitative estimate of drug-likeness (QED) is 0.257. The Morgan fingerprint density at radius 3 is 2.72 bits per heavy atom. The van der Waals surface area contributed by atoms with E-state index in [1.807, 2.05) is 57.2 Å². The summed E-state index contributed by atoms with van der Waals surface area (Å²) in [5.74, 6) is 0.171. The fourth-order valence-corrected chi connectivity index (χ4v) is 3.96. The van der Waals surface area contributed by atoms with Gasteiger partial charge in [0.15, 0.2) is 0 Å². The van der Waals surface area contributed by atoms with E-state index < -0.39 is 18.3 Å². The van der Waals surface area contributed by atoms with Crippen LogP contribution in [0.1, 0.15) is 51.5 Å². The first-order valence-electron chi connectivity index (χ1n) is 11.5. The number of aliphatic hydroxyl groups is 3. The van der Waals surface area contributed by atoms with E-state index in [9.17, 15) is 20.1 Å². The lowest BCUT2D eigenvalue weighted by Gasteiger charge is -2.19. The van der Waals surface area contributed by atoms with E-state index >= 15 is 0 Å². The number of ether oxygens (including phenoxy) is 2. The number of aliphatic hydroxyl groups excluding tert-OH is 3. The van der Waals surface area contributed by atoms with E-state index in [0.717, 1.165) is 12.0 Å². The Kier molecular flexibility index (Phi) is 10.9. The van der Waals surface area contributed by atoms with Crippen molar-refractivity contribution < 1.29 is 29.6 Å². The summed E-state index contributed by atoms with van der Waals surface area (Å²) < 4.78 is 10.7. The van der Waals surface area contributed by atoms with Gasteiger partial charge in [0.05, 0.1) is 18.3 Å². The van der Waals surface area contributed by atoms with Crippen LogP contribution in [0.25, 0.3) is 0 Å². The van der Waals surface area contributed by atoms with Gasteiger partial charge in [-0.25, -0.2) is 0 Å². The number of hydrogen-bond donors (Lipinski definition) is 3. The molecule has 0 radical (unpaired) electrons. The molecule has 1 aliphatic rings. The summed E-state index contributed by atoms with van der Waals surface area (Å²) in [6.07, 6.45) is 8.12. The van der Waals surface area contributed by atoms with Gasteiger partial charge in [-0.1, -0.05) is 36.4 Å². The first-order chi connectivity index (χ1) is 15.3. The van der Waals surface area contributed by atoms with Crippen LogP contribution < -0.4 is 4.74 Å². The summed E-state index contributed by atoms with van der Waals surface area (Å²) in [5.41, 5.74) is 1.09. The maximum Gasteiger partial charge on any atom is 0.306 e. The molecule has 0 aromatic heterocycles. The van der Waals surface area contributed by atoms with Crippen LogP contribution in [0.4, 0.5) is 0 Å². The van der Waals surface area contributed by atoms with Crippen molar-refractivity contribution >= 4 is 5.97 Å². The van der Waals surface area contributed by atoms with Crippen LogP contribution in [-0.4, -0.2) is 52.3 Å². The molecule has 6 nitrogen and oxygen atoms in total. The monoisotopic (exact) mass is 446 g/mol. The van der Waals surface area contributed by atoms with E-state index in [4.69, 9.17) is 9.47 Å². The number of hydrogen-bond acceptors (Lipinski definition) is 6. The van der Waals surface area contributed by atoms with Gasteiger partial charge in [0.2, 0.25) is 0 Å². The van der Waals surface area contributed by atoms with Gasteiger partial charge in [-0.15, -0.1) is 0 Å². The summed E-state index contributed by atoms with van der Waals surface area (Å²) in [5, 5.41) is 31.0. The van der Waals surface area contributed by atoms with Gasteiger partial charge < -0.3 is 24.8 Å². The molecule has 0 unspecified atom stereocenters. The summed E-state index contributed by atoms with van der Waals surface area (Å²) in [6, 6.07) is 7.63. The molecule has 0 spiro atoms. The first kappa shape index (κ1) is 26.1. The summed E-state index contributed by atoms with van der Waals surface area (Å²) in [6.45, 7) is 5.76. The highest BCUT2D eigenvalue weighted by molar-refractivity contribution is 5.69. The van der Waals surface area contributed by atoms with Gasteiger partial charge in [0.25, 0.3) is 0 Å². The standard InChI is InChI=1S/C26H38O6/c1-18(2)32-26(30)12-7-5-4-6-11-22-23(25(29)16-24(22)28)14-13-20(27)17-31-21-10-8-9-19(3)15-21/h4,6,8-10,13-15,18,20,22-25,27-29H,5,7,11-12,16-17H2,1-3H3/b6-4-,14-13+/t20-,22-,23-,24+,25-/m1/s1. The Labute approximate surface area is 191 Å². The zero-order valence-corrected chi connectivity index (χ0v) is 19.4. The topological polar surface area (TPSA) is 96.2 Å². The van der Waals surface area contributed by atoms with Gasteiger partial charge in [-0.3, -0.25) is 4.79 Å². The van der Waals surface area contributed by atoms with Gasteiger partial charge in [-0.2, -0.15) is 0 Å². The largest absolute Gasteiger partial charge is 0.491 e. The molecule has 1 aliphatic carbocycles. The average molecular weight is 447 g/mol. The Balaban J connectivity index is 1.78.